The predicted molar refractivity (Wildman–Crippen MR) is 91.6 cm³/mol. The van der Waals surface area contributed by atoms with Crippen molar-refractivity contribution in [3.8, 4) is 0 Å². The van der Waals surface area contributed by atoms with E-state index in [1.807, 2.05) is 6.07 Å². The average Bonchev–Trinajstić information content (AvgIpc) is 3.39. The molecular formula is C18H17ClN2O3. The van der Waals surface area contributed by atoms with Crippen molar-refractivity contribution >= 4 is 29.2 Å². The summed E-state index contributed by atoms with van der Waals surface area (Å²) in [4.78, 5) is 24.8. The number of amides is 1. The topological polar surface area (TPSA) is 81.4 Å². The van der Waals surface area contributed by atoms with E-state index in [0.29, 0.717) is 10.6 Å². The van der Waals surface area contributed by atoms with Gasteiger partial charge in [0.15, 0.2) is 0 Å². The number of ether oxygens (including phenoxy) is 1. The zero-order chi connectivity index (χ0) is 17.1. The Bertz CT molecular complexity index is 760. The van der Waals surface area contributed by atoms with E-state index in [1.54, 1.807) is 24.3 Å². The fraction of sp³-hybridized carbons (Fsp3) is 0.222. The van der Waals surface area contributed by atoms with Crippen LogP contribution in [0.4, 0.5) is 5.69 Å². The zero-order valence-electron chi connectivity index (χ0n) is 12.9. The second kappa shape index (κ2) is 6.93. The van der Waals surface area contributed by atoms with Gasteiger partial charge in [-0.05, 0) is 31.0 Å². The van der Waals surface area contributed by atoms with Crippen LogP contribution in [0, 0.1) is 0 Å². The fourth-order valence-corrected chi connectivity index (χ4v) is 2.37. The number of halogens is 1. The van der Waals surface area contributed by atoms with Gasteiger partial charge in [-0.2, -0.15) is 0 Å². The summed E-state index contributed by atoms with van der Waals surface area (Å²) in [5, 5.41) is 3.23. The molecule has 1 fully saturated rings. The normalized spacial score (nSPS) is 14.7. The molecule has 0 aliphatic heterocycles. The van der Waals surface area contributed by atoms with Crippen molar-refractivity contribution in [3.05, 3.63) is 64.7 Å². The van der Waals surface area contributed by atoms with E-state index in [0.717, 1.165) is 12.8 Å². The summed E-state index contributed by atoms with van der Waals surface area (Å²) in [6.07, 6.45) is 0.903. The van der Waals surface area contributed by atoms with Gasteiger partial charge in [-0.3, -0.25) is 4.79 Å². The first kappa shape index (κ1) is 16.3. The number of nitrogens with two attached hydrogens (primary N) is 1. The first-order valence-electron chi connectivity index (χ1n) is 7.66. The minimum atomic E-state index is -1.00. The Balaban J connectivity index is 1.81. The third-order valence-corrected chi connectivity index (χ3v) is 4.06. The summed E-state index contributed by atoms with van der Waals surface area (Å²) in [6.45, 7) is 0. The zero-order valence-corrected chi connectivity index (χ0v) is 13.6. The summed E-state index contributed by atoms with van der Waals surface area (Å²) in [6, 6.07) is 13.6. The molecule has 0 aromatic heterocycles. The molecule has 0 spiro atoms. The lowest BCUT2D eigenvalue weighted by atomic mass is 10.1. The summed E-state index contributed by atoms with van der Waals surface area (Å²) >= 11 is 5.86. The molecule has 1 aliphatic rings. The van der Waals surface area contributed by atoms with E-state index in [9.17, 15) is 9.59 Å². The minimum absolute atomic E-state index is 0.175. The Labute approximate surface area is 144 Å². The maximum absolute atomic E-state index is 12.4. The number of esters is 1. The van der Waals surface area contributed by atoms with Crippen LogP contribution in [0.3, 0.4) is 0 Å². The lowest BCUT2D eigenvalue weighted by Crippen LogP contribution is -2.33. The minimum Gasteiger partial charge on any atom is -0.444 e. The number of hydrogen-bond acceptors (Lipinski definition) is 4. The highest BCUT2D eigenvalue weighted by molar-refractivity contribution is 6.33. The van der Waals surface area contributed by atoms with Crippen LogP contribution in [0.15, 0.2) is 48.5 Å². The van der Waals surface area contributed by atoms with Gasteiger partial charge in [-0.1, -0.05) is 41.9 Å². The van der Waals surface area contributed by atoms with Crippen molar-refractivity contribution in [1.29, 1.82) is 0 Å². The van der Waals surface area contributed by atoms with Crippen molar-refractivity contribution < 1.29 is 14.3 Å². The number of hydrogen-bond donors (Lipinski definition) is 2. The number of benzene rings is 2. The molecule has 0 heterocycles. The molecule has 3 N–H and O–H groups in total. The lowest BCUT2D eigenvalue weighted by Gasteiger charge is -2.18. The third-order valence-electron chi connectivity index (χ3n) is 3.72. The second-order valence-electron chi connectivity index (χ2n) is 5.72. The predicted octanol–water partition coefficient (Wildman–Crippen LogP) is 3.10. The van der Waals surface area contributed by atoms with Gasteiger partial charge in [-0.25, -0.2) is 4.79 Å². The molecule has 1 aliphatic carbocycles. The molecule has 24 heavy (non-hydrogen) atoms. The quantitative estimate of drug-likeness (QED) is 0.645. The molecule has 0 radical (unpaired) electrons. The number of rotatable bonds is 5. The number of carbonyl (C=O) groups is 2. The smallest absolute Gasteiger partial charge is 0.339 e. The van der Waals surface area contributed by atoms with Crippen molar-refractivity contribution in [2.45, 2.75) is 25.0 Å². The molecule has 1 amide bonds. The Hall–Kier alpha value is -2.53. The maximum atomic E-state index is 12.4. The highest BCUT2D eigenvalue weighted by Crippen LogP contribution is 2.25. The van der Waals surface area contributed by atoms with Gasteiger partial charge < -0.3 is 15.8 Å². The number of anilines is 1. The Morgan fingerprint density at radius 3 is 2.50 bits per heavy atom. The molecule has 0 bridgehead atoms. The monoisotopic (exact) mass is 344 g/mol. The highest BCUT2D eigenvalue weighted by Gasteiger charge is 2.31. The van der Waals surface area contributed by atoms with Gasteiger partial charge in [-0.15, -0.1) is 0 Å². The maximum Gasteiger partial charge on any atom is 0.339 e. The SMILES string of the molecule is Nc1cc(C(=O)O[C@@H](C(=O)NC2CC2)c2ccccc2)ccc1Cl. The lowest BCUT2D eigenvalue weighted by molar-refractivity contribution is -0.130. The molecule has 124 valence electrons. The molecule has 5 nitrogen and oxygen atoms in total. The van der Waals surface area contributed by atoms with Crippen molar-refractivity contribution in [1.82, 2.24) is 5.32 Å². The van der Waals surface area contributed by atoms with E-state index in [-0.39, 0.29) is 23.2 Å². The van der Waals surface area contributed by atoms with E-state index < -0.39 is 12.1 Å². The second-order valence-corrected chi connectivity index (χ2v) is 6.12. The number of nitrogens with one attached hydrogen (secondary N) is 1. The van der Waals surface area contributed by atoms with Crippen LogP contribution in [0.25, 0.3) is 0 Å². The first-order valence-corrected chi connectivity index (χ1v) is 8.03. The van der Waals surface area contributed by atoms with Gasteiger partial charge in [0.05, 0.1) is 16.3 Å². The van der Waals surface area contributed by atoms with Crippen LogP contribution in [0.1, 0.15) is 34.9 Å². The Morgan fingerprint density at radius 2 is 1.88 bits per heavy atom. The van der Waals surface area contributed by atoms with Crippen LogP contribution >= 0.6 is 11.6 Å². The Kier molecular flexibility index (Phi) is 4.71. The van der Waals surface area contributed by atoms with Crippen LogP contribution < -0.4 is 11.1 Å². The average molecular weight is 345 g/mol. The summed E-state index contributed by atoms with van der Waals surface area (Å²) in [7, 11) is 0. The molecular weight excluding hydrogens is 328 g/mol. The molecule has 2 aromatic rings. The third kappa shape index (κ3) is 3.86. The van der Waals surface area contributed by atoms with Gasteiger partial charge in [0.25, 0.3) is 5.91 Å². The van der Waals surface area contributed by atoms with Gasteiger partial charge in [0.1, 0.15) is 0 Å². The molecule has 0 unspecified atom stereocenters. The first-order chi connectivity index (χ1) is 11.5. The summed E-state index contributed by atoms with van der Waals surface area (Å²) < 4.78 is 5.46. The van der Waals surface area contributed by atoms with E-state index in [2.05, 4.69) is 5.32 Å². The molecule has 2 aromatic carbocycles. The summed E-state index contributed by atoms with van der Waals surface area (Å²) in [5.41, 5.74) is 6.86. The molecule has 6 heteroatoms. The molecule has 1 atom stereocenters. The van der Waals surface area contributed by atoms with Crippen LogP contribution in [0.2, 0.25) is 5.02 Å². The number of nitrogen functional groups attached to an aromatic ring is 1. The van der Waals surface area contributed by atoms with Crippen molar-refractivity contribution in [2.24, 2.45) is 0 Å². The largest absolute Gasteiger partial charge is 0.444 e. The molecule has 0 saturated heterocycles. The van der Waals surface area contributed by atoms with Gasteiger partial charge >= 0.3 is 5.97 Å². The fourth-order valence-electron chi connectivity index (χ4n) is 2.25. The van der Waals surface area contributed by atoms with Crippen molar-refractivity contribution in [3.63, 3.8) is 0 Å². The number of carbonyl (C=O) groups excluding carboxylic acids is 2. The van der Waals surface area contributed by atoms with Crippen LogP contribution in [0.5, 0.6) is 0 Å². The standard InChI is InChI=1S/C18H17ClN2O3/c19-14-9-6-12(10-15(14)20)18(23)24-16(11-4-2-1-3-5-11)17(22)21-13-7-8-13/h1-6,9-10,13,16H,7-8,20H2,(H,21,22)/t16-/m1/s1. The molecule has 3 rings (SSSR count). The van der Waals surface area contributed by atoms with Crippen molar-refractivity contribution in [2.75, 3.05) is 5.73 Å². The van der Waals surface area contributed by atoms with E-state index in [1.165, 1.54) is 18.2 Å². The van der Waals surface area contributed by atoms with Gasteiger partial charge in [0, 0.05) is 11.6 Å². The van der Waals surface area contributed by atoms with E-state index >= 15 is 0 Å². The van der Waals surface area contributed by atoms with Crippen LogP contribution in [-0.4, -0.2) is 17.9 Å². The summed E-state index contributed by atoms with van der Waals surface area (Å²) in [5.74, 6) is -0.947. The van der Waals surface area contributed by atoms with E-state index in [4.69, 9.17) is 22.1 Å². The van der Waals surface area contributed by atoms with Crippen LogP contribution in [-0.2, 0) is 9.53 Å². The Morgan fingerprint density at radius 1 is 1.17 bits per heavy atom. The molecule has 1 saturated carbocycles. The van der Waals surface area contributed by atoms with Gasteiger partial charge in [0.2, 0.25) is 6.10 Å². The highest BCUT2D eigenvalue weighted by atomic mass is 35.5.